The van der Waals surface area contributed by atoms with E-state index in [2.05, 4.69) is 25.0 Å². The van der Waals surface area contributed by atoms with Crippen molar-refractivity contribution in [2.45, 2.75) is 31.1 Å². The molecule has 184 valence electrons. The number of hydrogen-bond acceptors (Lipinski definition) is 7. The van der Waals surface area contributed by atoms with E-state index in [0.29, 0.717) is 5.69 Å². The Morgan fingerprint density at radius 3 is 2.37 bits per heavy atom. The molecule has 15 heteroatoms. The number of pyridine rings is 1. The van der Waals surface area contributed by atoms with Crippen LogP contribution in [0.3, 0.4) is 0 Å². The highest BCUT2D eigenvalue weighted by molar-refractivity contribution is 6.22. The number of aromatic nitrogens is 6. The summed E-state index contributed by atoms with van der Waals surface area (Å²) in [4.78, 5) is 27.1. The van der Waals surface area contributed by atoms with Crippen molar-refractivity contribution in [3.8, 4) is 11.4 Å². The standard InChI is InChI=1S/C20H16F6N8O/c21-19(22,23)8-30-18-28-5-12(6-29-18)13(16(27)35)7-34-9-31-17(33-34)11-3-14(10-1-2-10)32-15(4-11)20(24,25)26/h3-7,9-10H,1-2,8H2,(H2,27,35)(H,28,29,30)/b13-7+. The first-order valence-corrected chi connectivity index (χ1v) is 10.0. The average molecular weight is 498 g/mol. The lowest BCUT2D eigenvalue weighted by Crippen LogP contribution is -2.22. The average Bonchev–Trinajstić information content (AvgIpc) is 3.53. The summed E-state index contributed by atoms with van der Waals surface area (Å²) < 4.78 is 77.9. The van der Waals surface area contributed by atoms with Crippen molar-refractivity contribution < 1.29 is 31.1 Å². The Kier molecular flexibility index (Phi) is 6.17. The zero-order chi connectivity index (χ0) is 25.4. The Labute approximate surface area is 193 Å². The Bertz CT molecular complexity index is 1260. The number of halogens is 6. The van der Waals surface area contributed by atoms with Crippen LogP contribution in [0.4, 0.5) is 32.3 Å². The number of nitrogens with two attached hydrogens (primary N) is 1. The van der Waals surface area contributed by atoms with E-state index >= 15 is 0 Å². The summed E-state index contributed by atoms with van der Waals surface area (Å²) in [5, 5.41) is 6.08. The highest BCUT2D eigenvalue weighted by atomic mass is 19.4. The van der Waals surface area contributed by atoms with Crippen LogP contribution < -0.4 is 11.1 Å². The first-order valence-electron chi connectivity index (χ1n) is 10.0. The molecule has 35 heavy (non-hydrogen) atoms. The summed E-state index contributed by atoms with van der Waals surface area (Å²) in [5.41, 5.74) is 4.66. The number of nitrogens with zero attached hydrogens (tertiary/aromatic N) is 6. The molecule has 1 amide bonds. The molecule has 0 spiro atoms. The number of anilines is 1. The van der Waals surface area contributed by atoms with E-state index in [1.807, 2.05) is 5.32 Å². The molecule has 0 aromatic carbocycles. The molecule has 0 bridgehead atoms. The fourth-order valence-electron chi connectivity index (χ4n) is 3.03. The summed E-state index contributed by atoms with van der Waals surface area (Å²) in [5.74, 6) is -1.33. The van der Waals surface area contributed by atoms with Gasteiger partial charge in [-0.2, -0.15) is 26.3 Å². The van der Waals surface area contributed by atoms with E-state index in [1.165, 1.54) is 6.07 Å². The van der Waals surface area contributed by atoms with Crippen LogP contribution in [-0.4, -0.2) is 48.3 Å². The van der Waals surface area contributed by atoms with Gasteiger partial charge >= 0.3 is 12.4 Å². The van der Waals surface area contributed by atoms with Crippen LogP contribution in [0.5, 0.6) is 0 Å². The Morgan fingerprint density at radius 1 is 1.11 bits per heavy atom. The maximum absolute atomic E-state index is 13.3. The van der Waals surface area contributed by atoms with Gasteiger partial charge in [-0.1, -0.05) is 0 Å². The maximum Gasteiger partial charge on any atom is 0.433 e. The Morgan fingerprint density at radius 2 is 1.80 bits per heavy atom. The number of primary amides is 1. The van der Waals surface area contributed by atoms with Crippen molar-refractivity contribution >= 4 is 23.6 Å². The van der Waals surface area contributed by atoms with E-state index in [1.54, 1.807) is 0 Å². The van der Waals surface area contributed by atoms with Crippen LogP contribution >= 0.6 is 0 Å². The molecule has 3 aromatic rings. The van der Waals surface area contributed by atoms with Gasteiger partial charge < -0.3 is 11.1 Å². The lowest BCUT2D eigenvalue weighted by atomic mass is 10.1. The van der Waals surface area contributed by atoms with Gasteiger partial charge in [0.1, 0.15) is 18.6 Å². The lowest BCUT2D eigenvalue weighted by molar-refractivity contribution is -0.141. The van der Waals surface area contributed by atoms with Gasteiger partial charge in [0.25, 0.3) is 5.91 Å². The monoisotopic (exact) mass is 498 g/mol. The van der Waals surface area contributed by atoms with Gasteiger partial charge in [-0.25, -0.2) is 24.6 Å². The largest absolute Gasteiger partial charge is 0.433 e. The number of alkyl halides is 6. The smallest absolute Gasteiger partial charge is 0.366 e. The van der Waals surface area contributed by atoms with Gasteiger partial charge in [-0.15, -0.1) is 5.10 Å². The van der Waals surface area contributed by atoms with Gasteiger partial charge in [0, 0.05) is 41.3 Å². The van der Waals surface area contributed by atoms with Gasteiger partial charge in [0.05, 0.1) is 5.57 Å². The third-order valence-electron chi connectivity index (χ3n) is 4.83. The minimum atomic E-state index is -4.65. The van der Waals surface area contributed by atoms with Gasteiger partial charge in [-0.3, -0.25) is 4.79 Å². The van der Waals surface area contributed by atoms with Gasteiger partial charge in [0.15, 0.2) is 5.82 Å². The summed E-state index contributed by atoms with van der Waals surface area (Å²) in [6, 6.07) is 2.33. The van der Waals surface area contributed by atoms with Crippen LogP contribution in [-0.2, 0) is 11.0 Å². The fourth-order valence-corrected chi connectivity index (χ4v) is 3.03. The predicted molar refractivity (Wildman–Crippen MR) is 110 cm³/mol. The van der Waals surface area contributed by atoms with E-state index < -0.39 is 30.5 Å². The predicted octanol–water partition coefficient (Wildman–Crippen LogP) is 3.48. The molecule has 3 N–H and O–H groups in total. The van der Waals surface area contributed by atoms with Crippen molar-refractivity contribution in [1.82, 2.24) is 29.7 Å². The second-order valence-corrected chi connectivity index (χ2v) is 7.66. The van der Waals surface area contributed by atoms with Crippen molar-refractivity contribution in [3.63, 3.8) is 0 Å². The minimum absolute atomic E-state index is 0.0391. The highest BCUT2D eigenvalue weighted by Crippen LogP contribution is 2.41. The third kappa shape index (κ3) is 6.10. The highest BCUT2D eigenvalue weighted by Gasteiger charge is 2.36. The maximum atomic E-state index is 13.3. The van der Waals surface area contributed by atoms with Crippen molar-refractivity contribution in [1.29, 1.82) is 0 Å². The third-order valence-corrected chi connectivity index (χ3v) is 4.83. The molecule has 1 fully saturated rings. The molecule has 4 rings (SSSR count). The molecule has 1 aliphatic rings. The number of hydrogen-bond donors (Lipinski definition) is 2. The van der Waals surface area contributed by atoms with E-state index in [4.69, 9.17) is 5.73 Å². The summed E-state index contributed by atoms with van der Waals surface area (Å²) in [7, 11) is 0. The van der Waals surface area contributed by atoms with Gasteiger partial charge in [0.2, 0.25) is 5.95 Å². The first kappa shape index (κ1) is 24.1. The van der Waals surface area contributed by atoms with Crippen LogP contribution in [0, 0.1) is 0 Å². The molecule has 0 unspecified atom stereocenters. The SMILES string of the molecule is NC(=O)/C(=C/n1cnc(-c2cc(C3CC3)nc(C(F)(F)F)c2)n1)c1cnc(NCC(F)(F)F)nc1. The summed E-state index contributed by atoms with van der Waals surface area (Å²) in [6.07, 6.45) is -3.17. The molecule has 1 saturated carbocycles. The lowest BCUT2D eigenvalue weighted by Gasteiger charge is -2.09. The number of rotatable bonds is 7. The zero-order valence-corrected chi connectivity index (χ0v) is 17.6. The molecule has 3 heterocycles. The Balaban J connectivity index is 1.61. The molecule has 0 atom stereocenters. The molecule has 0 radical (unpaired) electrons. The minimum Gasteiger partial charge on any atom is -0.366 e. The number of carbonyl (C=O) groups excluding carboxylic acids is 1. The summed E-state index contributed by atoms with van der Waals surface area (Å²) >= 11 is 0. The topological polar surface area (TPSA) is 125 Å². The second kappa shape index (κ2) is 8.96. The van der Waals surface area contributed by atoms with Crippen LogP contribution in [0.2, 0.25) is 0 Å². The van der Waals surface area contributed by atoms with E-state index in [-0.39, 0.29) is 34.4 Å². The van der Waals surface area contributed by atoms with Gasteiger partial charge in [-0.05, 0) is 25.0 Å². The van der Waals surface area contributed by atoms with Crippen molar-refractivity contribution in [2.75, 3.05) is 11.9 Å². The molecule has 0 saturated heterocycles. The number of carbonyl (C=O) groups is 1. The number of amides is 1. The molecule has 9 nitrogen and oxygen atoms in total. The zero-order valence-electron chi connectivity index (χ0n) is 17.6. The Hall–Kier alpha value is -4.04. The van der Waals surface area contributed by atoms with Crippen LogP contribution in [0.25, 0.3) is 23.2 Å². The first-order chi connectivity index (χ1) is 16.4. The van der Waals surface area contributed by atoms with E-state index in [0.717, 1.165) is 48.5 Å². The van der Waals surface area contributed by atoms with Crippen LogP contribution in [0.1, 0.15) is 35.7 Å². The normalized spacial score (nSPS) is 14.7. The van der Waals surface area contributed by atoms with E-state index in [9.17, 15) is 31.1 Å². The molecule has 3 aromatic heterocycles. The molecule has 1 aliphatic carbocycles. The summed E-state index contributed by atoms with van der Waals surface area (Å²) in [6.45, 7) is -1.35. The van der Waals surface area contributed by atoms with Crippen molar-refractivity contribution in [3.05, 3.63) is 47.8 Å². The quantitative estimate of drug-likeness (QED) is 0.378. The molecular weight excluding hydrogens is 482 g/mol. The number of nitrogens with one attached hydrogen (secondary N) is 1. The van der Waals surface area contributed by atoms with Crippen molar-refractivity contribution in [2.24, 2.45) is 5.73 Å². The van der Waals surface area contributed by atoms with Crippen LogP contribution in [0.15, 0.2) is 30.9 Å². The molecule has 0 aliphatic heterocycles. The fraction of sp³-hybridized carbons (Fsp3) is 0.300. The molecular formula is C20H16F6N8O. The second-order valence-electron chi connectivity index (χ2n) is 7.66.